The Bertz CT molecular complexity index is 938. The molecule has 0 unspecified atom stereocenters. The largest absolute Gasteiger partial charge is 0.493 e. The summed E-state index contributed by atoms with van der Waals surface area (Å²) in [5, 5.41) is 15.9. The maximum atomic E-state index is 5.36. The summed E-state index contributed by atoms with van der Waals surface area (Å²) in [5.74, 6) is 1.77. The van der Waals surface area contributed by atoms with E-state index in [1.54, 1.807) is 20.4 Å². The highest BCUT2D eigenvalue weighted by molar-refractivity contribution is 5.64. The molecule has 0 saturated heterocycles. The number of rotatable bonds is 7. The molecule has 8 nitrogen and oxygen atoms in total. The van der Waals surface area contributed by atoms with Crippen LogP contribution in [0.1, 0.15) is 23.9 Å². The molecule has 0 radical (unpaired) electrons. The van der Waals surface area contributed by atoms with Crippen molar-refractivity contribution in [3.05, 3.63) is 41.3 Å². The molecule has 1 aromatic carbocycles. The Balaban J connectivity index is 1.81. The van der Waals surface area contributed by atoms with Crippen molar-refractivity contribution in [2.24, 2.45) is 0 Å². The minimum absolute atomic E-state index is 0.463. The Morgan fingerprint density at radius 2 is 1.89 bits per heavy atom. The second-order valence-corrected chi connectivity index (χ2v) is 6.05. The van der Waals surface area contributed by atoms with Crippen molar-refractivity contribution in [2.75, 3.05) is 19.5 Å². The molecule has 2 heterocycles. The Kier molecular flexibility index (Phi) is 5.54. The molecule has 0 spiro atoms. The van der Waals surface area contributed by atoms with E-state index >= 15 is 0 Å². The molecule has 142 valence electrons. The lowest BCUT2D eigenvalue weighted by atomic mass is 10.1. The topological polar surface area (TPSA) is 87.0 Å². The van der Waals surface area contributed by atoms with Gasteiger partial charge < -0.3 is 14.8 Å². The van der Waals surface area contributed by atoms with Gasteiger partial charge in [0.1, 0.15) is 0 Å². The summed E-state index contributed by atoms with van der Waals surface area (Å²) in [6.45, 7) is 7.60. The van der Waals surface area contributed by atoms with Gasteiger partial charge in [-0.1, -0.05) is 0 Å². The molecule has 8 heteroatoms. The summed E-state index contributed by atoms with van der Waals surface area (Å²) in [4.78, 5) is 4.57. The Morgan fingerprint density at radius 3 is 2.56 bits per heavy atom. The Hall–Kier alpha value is -3.16. The fourth-order valence-electron chi connectivity index (χ4n) is 2.98. The summed E-state index contributed by atoms with van der Waals surface area (Å²) in [5.41, 5.74) is 4.87. The highest BCUT2D eigenvalue weighted by Crippen LogP contribution is 2.31. The van der Waals surface area contributed by atoms with Crippen molar-refractivity contribution in [1.82, 2.24) is 25.0 Å². The van der Waals surface area contributed by atoms with Gasteiger partial charge in [0.25, 0.3) is 0 Å². The zero-order valence-electron chi connectivity index (χ0n) is 16.3. The van der Waals surface area contributed by atoms with Crippen molar-refractivity contribution in [1.29, 1.82) is 0 Å². The van der Waals surface area contributed by atoms with Crippen LogP contribution in [-0.2, 0) is 13.1 Å². The zero-order valence-corrected chi connectivity index (χ0v) is 16.3. The molecule has 0 saturated carbocycles. The lowest BCUT2D eigenvalue weighted by molar-refractivity contribution is 0.355. The molecule has 0 aliphatic rings. The standard InChI is InChI=1S/C19H24N6O2/c1-6-25-13(3)15(12(2)24-25)10-20-19-22-16(11-21-23-19)14-7-8-17(26-4)18(9-14)27-5/h7-9,11H,6,10H2,1-5H3,(H,20,22,23). The van der Waals surface area contributed by atoms with Crippen molar-refractivity contribution < 1.29 is 9.47 Å². The number of hydrogen-bond acceptors (Lipinski definition) is 7. The number of ether oxygens (including phenoxy) is 2. The predicted octanol–water partition coefficient (Wildman–Crippen LogP) is 3.00. The fourth-order valence-corrected chi connectivity index (χ4v) is 2.98. The van der Waals surface area contributed by atoms with Crippen molar-refractivity contribution in [3.8, 4) is 22.8 Å². The van der Waals surface area contributed by atoms with Crippen LogP contribution in [0, 0.1) is 13.8 Å². The molecule has 0 aliphatic carbocycles. The van der Waals surface area contributed by atoms with Gasteiger partial charge in [-0.15, -0.1) is 5.10 Å². The monoisotopic (exact) mass is 368 g/mol. The molecule has 2 aromatic heterocycles. The van der Waals surface area contributed by atoms with Gasteiger partial charge in [0, 0.05) is 29.9 Å². The fraction of sp³-hybridized carbons (Fsp3) is 0.368. The second-order valence-electron chi connectivity index (χ2n) is 6.05. The van der Waals surface area contributed by atoms with Crippen LogP contribution in [0.5, 0.6) is 11.5 Å². The van der Waals surface area contributed by atoms with E-state index in [0.717, 1.165) is 29.1 Å². The predicted molar refractivity (Wildman–Crippen MR) is 103 cm³/mol. The number of hydrogen-bond donors (Lipinski definition) is 1. The van der Waals surface area contributed by atoms with Crippen LogP contribution in [0.4, 0.5) is 5.95 Å². The lowest BCUT2D eigenvalue weighted by Gasteiger charge is -2.10. The third-order valence-corrected chi connectivity index (χ3v) is 4.49. The Morgan fingerprint density at radius 1 is 1.11 bits per heavy atom. The maximum Gasteiger partial charge on any atom is 0.243 e. The molecular weight excluding hydrogens is 344 g/mol. The van der Waals surface area contributed by atoms with Crippen molar-refractivity contribution >= 4 is 5.95 Å². The molecule has 3 aromatic rings. The van der Waals surface area contributed by atoms with E-state index < -0.39 is 0 Å². The molecule has 27 heavy (non-hydrogen) atoms. The third-order valence-electron chi connectivity index (χ3n) is 4.49. The van der Waals surface area contributed by atoms with E-state index in [9.17, 15) is 0 Å². The first-order valence-electron chi connectivity index (χ1n) is 8.76. The van der Waals surface area contributed by atoms with E-state index in [0.29, 0.717) is 29.7 Å². The molecular formula is C19H24N6O2. The Labute approximate surface area is 158 Å². The number of benzene rings is 1. The average Bonchev–Trinajstić information content (AvgIpc) is 2.98. The number of aryl methyl sites for hydroxylation is 2. The van der Waals surface area contributed by atoms with Crippen LogP contribution in [0.3, 0.4) is 0 Å². The summed E-state index contributed by atoms with van der Waals surface area (Å²) in [6, 6.07) is 5.62. The van der Waals surface area contributed by atoms with Gasteiger partial charge in [-0.2, -0.15) is 10.2 Å². The van der Waals surface area contributed by atoms with E-state index in [2.05, 4.69) is 39.4 Å². The molecule has 0 fully saturated rings. The molecule has 0 atom stereocenters. The first-order chi connectivity index (χ1) is 13.1. The van der Waals surface area contributed by atoms with E-state index in [1.165, 1.54) is 0 Å². The van der Waals surface area contributed by atoms with Crippen LogP contribution < -0.4 is 14.8 Å². The number of nitrogens with zero attached hydrogens (tertiary/aromatic N) is 5. The minimum Gasteiger partial charge on any atom is -0.493 e. The number of anilines is 1. The van der Waals surface area contributed by atoms with Crippen LogP contribution in [0.15, 0.2) is 24.4 Å². The molecule has 3 rings (SSSR count). The van der Waals surface area contributed by atoms with Crippen LogP contribution in [0.25, 0.3) is 11.3 Å². The van der Waals surface area contributed by atoms with Gasteiger partial charge in [-0.3, -0.25) is 4.68 Å². The molecule has 1 N–H and O–H groups in total. The van der Waals surface area contributed by atoms with Gasteiger partial charge in [0.05, 0.1) is 31.8 Å². The van der Waals surface area contributed by atoms with Gasteiger partial charge in [0.2, 0.25) is 5.95 Å². The zero-order chi connectivity index (χ0) is 19.4. The average molecular weight is 368 g/mol. The van der Waals surface area contributed by atoms with Gasteiger partial charge in [0.15, 0.2) is 11.5 Å². The normalized spacial score (nSPS) is 10.7. The van der Waals surface area contributed by atoms with E-state index in [4.69, 9.17) is 9.47 Å². The highest BCUT2D eigenvalue weighted by atomic mass is 16.5. The van der Waals surface area contributed by atoms with Gasteiger partial charge >= 0.3 is 0 Å². The number of aromatic nitrogens is 5. The number of methoxy groups -OCH3 is 2. The first-order valence-corrected chi connectivity index (χ1v) is 8.76. The SMILES string of the molecule is CCn1nc(C)c(CNc2nncc(-c3ccc(OC)c(OC)c3)n2)c1C. The van der Waals surface area contributed by atoms with Gasteiger partial charge in [-0.05, 0) is 39.0 Å². The maximum absolute atomic E-state index is 5.36. The first kappa shape index (κ1) is 18.6. The molecule has 0 amide bonds. The minimum atomic E-state index is 0.463. The van der Waals surface area contributed by atoms with E-state index in [-0.39, 0.29) is 0 Å². The van der Waals surface area contributed by atoms with E-state index in [1.807, 2.05) is 29.8 Å². The number of nitrogens with one attached hydrogen (secondary N) is 1. The lowest BCUT2D eigenvalue weighted by Crippen LogP contribution is -2.07. The highest BCUT2D eigenvalue weighted by Gasteiger charge is 2.12. The smallest absolute Gasteiger partial charge is 0.243 e. The summed E-state index contributed by atoms with van der Waals surface area (Å²) in [7, 11) is 3.21. The summed E-state index contributed by atoms with van der Waals surface area (Å²) >= 11 is 0. The van der Waals surface area contributed by atoms with Crippen LogP contribution in [-0.4, -0.2) is 39.2 Å². The molecule has 0 aliphatic heterocycles. The third kappa shape index (κ3) is 3.84. The second kappa shape index (κ2) is 8.03. The summed E-state index contributed by atoms with van der Waals surface area (Å²) < 4.78 is 12.6. The van der Waals surface area contributed by atoms with Crippen molar-refractivity contribution in [2.45, 2.75) is 33.9 Å². The van der Waals surface area contributed by atoms with Crippen LogP contribution >= 0.6 is 0 Å². The molecule has 0 bridgehead atoms. The summed E-state index contributed by atoms with van der Waals surface area (Å²) in [6.07, 6.45) is 1.62. The van der Waals surface area contributed by atoms with Crippen LogP contribution in [0.2, 0.25) is 0 Å². The van der Waals surface area contributed by atoms with Gasteiger partial charge in [-0.25, -0.2) is 4.98 Å². The quantitative estimate of drug-likeness (QED) is 0.686. The van der Waals surface area contributed by atoms with Crippen molar-refractivity contribution in [3.63, 3.8) is 0 Å².